The molecule has 30 heavy (non-hydrogen) atoms. The van der Waals surface area contributed by atoms with Gasteiger partial charge in [-0.3, -0.25) is 0 Å². The van der Waals surface area contributed by atoms with Crippen LogP contribution in [0, 0.1) is 0 Å². The van der Waals surface area contributed by atoms with E-state index in [4.69, 9.17) is 14.2 Å². The molecule has 0 bridgehead atoms. The van der Waals surface area contributed by atoms with Crippen molar-refractivity contribution in [3.05, 3.63) is 59.7 Å². The number of hydrogen-bond donors (Lipinski definition) is 1. The number of benzene rings is 2. The Balaban J connectivity index is 1.37. The zero-order chi connectivity index (χ0) is 20.1. The maximum atomic E-state index is 6.70. The van der Waals surface area contributed by atoms with Crippen LogP contribution in [0.15, 0.2) is 48.5 Å². The average molecular weight is 405 g/mol. The molecule has 0 amide bonds. The van der Waals surface area contributed by atoms with Crippen LogP contribution in [0.3, 0.4) is 0 Å². The Bertz CT molecular complexity index is 997. The van der Waals surface area contributed by atoms with Crippen LogP contribution in [0.2, 0.25) is 0 Å². The fourth-order valence-electron chi connectivity index (χ4n) is 5.06. The lowest BCUT2D eigenvalue weighted by Gasteiger charge is -2.51. The molecule has 0 radical (unpaired) electrons. The van der Waals surface area contributed by atoms with Gasteiger partial charge in [-0.25, -0.2) is 0 Å². The lowest BCUT2D eigenvalue weighted by atomic mass is 9.93. The Morgan fingerprint density at radius 2 is 1.80 bits per heavy atom. The van der Waals surface area contributed by atoms with Crippen LogP contribution in [0.25, 0.3) is 5.70 Å². The van der Waals surface area contributed by atoms with Gasteiger partial charge in [0.1, 0.15) is 19.0 Å². The van der Waals surface area contributed by atoms with Crippen molar-refractivity contribution in [1.82, 2.24) is 15.3 Å². The summed E-state index contributed by atoms with van der Waals surface area (Å²) in [6.07, 6.45) is 4.27. The van der Waals surface area contributed by atoms with Crippen molar-refractivity contribution in [1.29, 1.82) is 0 Å². The van der Waals surface area contributed by atoms with Gasteiger partial charge in [-0.05, 0) is 36.9 Å². The normalized spacial score (nSPS) is 24.4. The van der Waals surface area contributed by atoms with E-state index in [1.807, 2.05) is 6.07 Å². The van der Waals surface area contributed by atoms with E-state index in [1.165, 1.54) is 5.56 Å². The molecule has 1 fully saturated rings. The Morgan fingerprint density at radius 3 is 2.63 bits per heavy atom. The smallest absolute Gasteiger partial charge is 0.182 e. The van der Waals surface area contributed by atoms with Crippen molar-refractivity contribution in [3.63, 3.8) is 0 Å². The highest BCUT2D eigenvalue weighted by atomic mass is 16.6. The molecule has 4 aliphatic heterocycles. The first-order valence-electron chi connectivity index (χ1n) is 10.9. The Hall–Kier alpha value is -2.70. The Kier molecular flexibility index (Phi) is 4.18. The largest absolute Gasteiger partial charge is 0.486 e. The molecule has 4 aliphatic rings. The molecular formula is C24H27N3O3. The summed E-state index contributed by atoms with van der Waals surface area (Å²) in [6.45, 7) is 6.61. The minimum Gasteiger partial charge on any atom is -0.486 e. The standard InChI is InChI=1S/C24H27N3O3/c1-2-26-11-9-24(10-12-26)27-20(18-5-3-4-6-21(18)30-24)16-19(25-27)17-7-8-22-23(15-17)29-14-13-28-22/h3-8,15-16,20,25H,2,9-14H2,1H3/t20-/m1/s1. The van der Waals surface area contributed by atoms with E-state index in [0.717, 1.165) is 61.0 Å². The molecule has 0 unspecified atom stereocenters. The van der Waals surface area contributed by atoms with Gasteiger partial charge in [-0.2, -0.15) is 5.01 Å². The predicted octanol–water partition coefficient (Wildman–Crippen LogP) is 3.56. The third kappa shape index (κ3) is 2.78. The number of hydrogen-bond acceptors (Lipinski definition) is 6. The summed E-state index contributed by atoms with van der Waals surface area (Å²) < 4.78 is 18.2. The van der Waals surface area contributed by atoms with Crippen molar-refractivity contribution in [2.24, 2.45) is 0 Å². The third-order valence-electron chi connectivity index (χ3n) is 6.76. The zero-order valence-corrected chi connectivity index (χ0v) is 17.3. The molecule has 0 aromatic heterocycles. The lowest BCUT2D eigenvalue weighted by molar-refractivity contribution is -0.159. The second-order valence-corrected chi connectivity index (χ2v) is 8.39. The molecule has 1 atom stereocenters. The van der Waals surface area contributed by atoms with Crippen LogP contribution < -0.4 is 19.6 Å². The second kappa shape index (κ2) is 6.93. The van der Waals surface area contributed by atoms with Crippen molar-refractivity contribution in [3.8, 4) is 17.2 Å². The van der Waals surface area contributed by atoms with E-state index in [-0.39, 0.29) is 11.8 Å². The first kappa shape index (κ1) is 18.1. The summed E-state index contributed by atoms with van der Waals surface area (Å²) in [5, 5.41) is 2.34. The van der Waals surface area contributed by atoms with Gasteiger partial charge in [0.25, 0.3) is 0 Å². The number of nitrogens with zero attached hydrogens (tertiary/aromatic N) is 2. The number of piperidine rings is 1. The zero-order valence-electron chi connectivity index (χ0n) is 17.3. The molecule has 2 aromatic carbocycles. The van der Waals surface area contributed by atoms with E-state index < -0.39 is 0 Å². The van der Waals surface area contributed by atoms with Crippen molar-refractivity contribution in [2.45, 2.75) is 31.5 Å². The van der Waals surface area contributed by atoms with Gasteiger partial charge in [-0.1, -0.05) is 25.1 Å². The van der Waals surface area contributed by atoms with Gasteiger partial charge in [-0.15, -0.1) is 0 Å². The van der Waals surface area contributed by atoms with Crippen LogP contribution >= 0.6 is 0 Å². The molecular weight excluding hydrogens is 378 g/mol. The minimum absolute atomic E-state index is 0.145. The molecule has 1 N–H and O–H groups in total. The number of fused-ring (bicyclic) bond motifs is 5. The maximum absolute atomic E-state index is 6.70. The Morgan fingerprint density at radius 1 is 1.00 bits per heavy atom. The monoisotopic (exact) mass is 405 g/mol. The van der Waals surface area contributed by atoms with E-state index >= 15 is 0 Å². The van der Waals surface area contributed by atoms with Crippen molar-refractivity contribution in [2.75, 3.05) is 32.8 Å². The SMILES string of the molecule is CCN1CCC2(CC1)Oc1ccccc1[C@H]1C=C(c3ccc4c(c3)OCCO4)NN12. The molecule has 6 heteroatoms. The lowest BCUT2D eigenvalue weighted by Crippen LogP contribution is -2.63. The van der Waals surface area contributed by atoms with E-state index in [9.17, 15) is 0 Å². The molecule has 0 aliphatic carbocycles. The van der Waals surface area contributed by atoms with Crippen molar-refractivity contribution < 1.29 is 14.2 Å². The molecule has 2 aromatic rings. The molecule has 6 nitrogen and oxygen atoms in total. The van der Waals surface area contributed by atoms with Gasteiger partial charge in [0.05, 0.1) is 11.7 Å². The predicted molar refractivity (Wildman–Crippen MR) is 114 cm³/mol. The number of para-hydroxylation sites is 1. The molecule has 156 valence electrons. The topological polar surface area (TPSA) is 46.2 Å². The van der Waals surface area contributed by atoms with E-state index in [2.05, 4.69) is 64.7 Å². The number of nitrogens with one attached hydrogen (secondary N) is 1. The fraction of sp³-hybridized carbons (Fsp3) is 0.417. The van der Waals surface area contributed by atoms with Crippen LogP contribution in [0.1, 0.15) is 36.9 Å². The average Bonchev–Trinajstić information content (AvgIpc) is 3.26. The van der Waals surface area contributed by atoms with Gasteiger partial charge in [0.15, 0.2) is 17.2 Å². The van der Waals surface area contributed by atoms with Crippen LogP contribution in [-0.4, -0.2) is 48.5 Å². The summed E-state index contributed by atoms with van der Waals surface area (Å²) in [6, 6.07) is 14.8. The molecule has 6 rings (SSSR count). The van der Waals surface area contributed by atoms with Gasteiger partial charge in [0, 0.05) is 37.1 Å². The quantitative estimate of drug-likeness (QED) is 0.824. The molecule has 4 heterocycles. The molecule has 1 saturated heterocycles. The van der Waals surface area contributed by atoms with E-state index in [1.54, 1.807) is 0 Å². The number of ether oxygens (including phenoxy) is 3. The van der Waals surface area contributed by atoms with Crippen LogP contribution in [-0.2, 0) is 0 Å². The highest BCUT2D eigenvalue weighted by Crippen LogP contribution is 2.48. The Labute approximate surface area is 177 Å². The highest BCUT2D eigenvalue weighted by Gasteiger charge is 2.51. The minimum atomic E-state index is -0.337. The summed E-state index contributed by atoms with van der Waals surface area (Å²) in [4.78, 5) is 2.50. The van der Waals surface area contributed by atoms with Crippen molar-refractivity contribution >= 4 is 5.70 Å². The number of rotatable bonds is 2. The fourth-order valence-corrected chi connectivity index (χ4v) is 5.06. The van der Waals surface area contributed by atoms with Gasteiger partial charge in [0.2, 0.25) is 0 Å². The van der Waals surface area contributed by atoms with Crippen LogP contribution in [0.5, 0.6) is 17.2 Å². The summed E-state index contributed by atoms with van der Waals surface area (Å²) in [5.74, 6) is 2.64. The third-order valence-corrected chi connectivity index (χ3v) is 6.76. The molecule has 0 saturated carbocycles. The van der Waals surface area contributed by atoms with Gasteiger partial charge < -0.3 is 24.5 Å². The van der Waals surface area contributed by atoms with Crippen LogP contribution in [0.4, 0.5) is 0 Å². The number of hydrazine groups is 1. The molecule has 1 spiro atoms. The first-order chi connectivity index (χ1) is 14.8. The van der Waals surface area contributed by atoms with E-state index in [0.29, 0.717) is 13.2 Å². The number of likely N-dealkylation sites (tertiary alicyclic amines) is 1. The van der Waals surface area contributed by atoms with Gasteiger partial charge >= 0.3 is 0 Å². The first-order valence-corrected chi connectivity index (χ1v) is 10.9. The summed E-state index contributed by atoms with van der Waals surface area (Å²) in [7, 11) is 0. The maximum Gasteiger partial charge on any atom is 0.182 e. The summed E-state index contributed by atoms with van der Waals surface area (Å²) in [5.41, 5.74) is 6.77. The summed E-state index contributed by atoms with van der Waals surface area (Å²) >= 11 is 0. The highest BCUT2D eigenvalue weighted by molar-refractivity contribution is 5.70. The second-order valence-electron chi connectivity index (χ2n) is 8.39.